The molecule has 1 N–H and O–H groups in total. The van der Waals surface area contributed by atoms with E-state index in [1.54, 1.807) is 11.8 Å². The fourth-order valence-electron chi connectivity index (χ4n) is 2.24. The highest BCUT2D eigenvalue weighted by Crippen LogP contribution is 2.15. The zero-order valence-corrected chi connectivity index (χ0v) is 13.3. The summed E-state index contributed by atoms with van der Waals surface area (Å²) in [6.45, 7) is 4.74. The van der Waals surface area contributed by atoms with Crippen LogP contribution in [-0.4, -0.2) is 35.8 Å². The minimum atomic E-state index is -0.0671. The molecule has 0 aromatic heterocycles. The van der Waals surface area contributed by atoms with Gasteiger partial charge in [-0.1, -0.05) is 35.0 Å². The van der Waals surface area contributed by atoms with Crippen LogP contribution in [0.15, 0.2) is 28.7 Å². The highest BCUT2D eigenvalue weighted by Gasteiger charge is 2.30. The fraction of sp³-hybridized carbons (Fsp3) is 0.467. The van der Waals surface area contributed by atoms with Crippen LogP contribution in [-0.2, 0) is 16.0 Å². The van der Waals surface area contributed by atoms with Crippen molar-refractivity contribution in [3.05, 3.63) is 34.3 Å². The first-order valence-electron chi connectivity index (χ1n) is 6.76. The van der Waals surface area contributed by atoms with Crippen LogP contribution in [0, 0.1) is 5.92 Å². The maximum atomic E-state index is 12.1. The molecule has 0 bridgehead atoms. The van der Waals surface area contributed by atoms with Crippen LogP contribution in [0.4, 0.5) is 0 Å². The number of nitrogens with one attached hydrogen (secondary N) is 1. The topological polar surface area (TPSA) is 49.4 Å². The summed E-state index contributed by atoms with van der Waals surface area (Å²) >= 11 is 3.40. The van der Waals surface area contributed by atoms with Crippen molar-refractivity contribution in [2.24, 2.45) is 5.92 Å². The average molecular weight is 339 g/mol. The van der Waals surface area contributed by atoms with Gasteiger partial charge in [-0.3, -0.25) is 9.59 Å². The Labute approximate surface area is 127 Å². The molecule has 1 aromatic rings. The molecule has 1 fully saturated rings. The standard InChI is InChI=1S/C15H19BrN2O2/c1-10(7-12-3-5-13(16)6-4-12)15(20)17-14-8-18(9-14)11(2)19/h3-6,10,14H,7-9H2,1-2H3,(H,17,20)/t10-/m0/s1. The summed E-state index contributed by atoms with van der Waals surface area (Å²) in [7, 11) is 0. The van der Waals surface area contributed by atoms with E-state index in [9.17, 15) is 9.59 Å². The molecule has 1 saturated heterocycles. The fourth-order valence-corrected chi connectivity index (χ4v) is 2.50. The van der Waals surface area contributed by atoms with Crippen LogP contribution in [0.1, 0.15) is 19.4 Å². The van der Waals surface area contributed by atoms with Gasteiger partial charge >= 0.3 is 0 Å². The van der Waals surface area contributed by atoms with Crippen LogP contribution in [0.3, 0.4) is 0 Å². The zero-order chi connectivity index (χ0) is 14.7. The summed E-state index contributed by atoms with van der Waals surface area (Å²) in [5.41, 5.74) is 1.15. The van der Waals surface area contributed by atoms with Gasteiger partial charge in [-0.05, 0) is 24.1 Å². The van der Waals surface area contributed by atoms with Gasteiger partial charge in [0.15, 0.2) is 0 Å². The van der Waals surface area contributed by atoms with E-state index in [0.29, 0.717) is 13.1 Å². The predicted molar refractivity (Wildman–Crippen MR) is 81.2 cm³/mol. The first-order valence-corrected chi connectivity index (χ1v) is 7.55. The van der Waals surface area contributed by atoms with Gasteiger partial charge in [-0.15, -0.1) is 0 Å². The van der Waals surface area contributed by atoms with Crippen molar-refractivity contribution in [1.82, 2.24) is 10.2 Å². The molecule has 0 unspecified atom stereocenters. The molecule has 0 saturated carbocycles. The highest BCUT2D eigenvalue weighted by molar-refractivity contribution is 9.10. The van der Waals surface area contributed by atoms with Gasteiger partial charge in [0.25, 0.3) is 0 Å². The van der Waals surface area contributed by atoms with E-state index >= 15 is 0 Å². The van der Waals surface area contributed by atoms with Crippen molar-refractivity contribution in [2.45, 2.75) is 26.3 Å². The Morgan fingerprint density at radius 3 is 2.50 bits per heavy atom. The Bertz CT molecular complexity index is 495. The quantitative estimate of drug-likeness (QED) is 0.912. The molecule has 2 rings (SSSR count). The highest BCUT2D eigenvalue weighted by atomic mass is 79.9. The SMILES string of the molecule is CC(=O)N1CC(NC(=O)[C@@H](C)Cc2ccc(Br)cc2)C1. The summed E-state index contributed by atoms with van der Waals surface area (Å²) in [6, 6.07) is 8.12. The van der Waals surface area contributed by atoms with E-state index in [1.165, 1.54) is 0 Å². The lowest BCUT2D eigenvalue weighted by atomic mass is 9.99. The molecular formula is C15H19BrN2O2. The molecule has 108 valence electrons. The van der Waals surface area contributed by atoms with Gasteiger partial charge in [0.05, 0.1) is 6.04 Å². The number of likely N-dealkylation sites (tertiary alicyclic amines) is 1. The molecule has 20 heavy (non-hydrogen) atoms. The molecule has 0 aliphatic carbocycles. The van der Waals surface area contributed by atoms with E-state index in [4.69, 9.17) is 0 Å². The Morgan fingerprint density at radius 1 is 1.35 bits per heavy atom. The molecule has 1 heterocycles. The minimum Gasteiger partial charge on any atom is -0.350 e. The average Bonchev–Trinajstić information content (AvgIpc) is 2.35. The normalized spacial score (nSPS) is 16.4. The Balaban J connectivity index is 1.78. The molecular weight excluding hydrogens is 320 g/mol. The van der Waals surface area contributed by atoms with Crippen LogP contribution in [0.25, 0.3) is 0 Å². The summed E-state index contributed by atoms with van der Waals surface area (Å²) < 4.78 is 1.04. The lowest BCUT2D eigenvalue weighted by molar-refractivity contribution is -0.136. The molecule has 1 aliphatic heterocycles. The lowest BCUT2D eigenvalue weighted by Gasteiger charge is -2.39. The molecule has 1 atom stereocenters. The molecule has 1 aliphatic rings. The number of carbonyl (C=O) groups is 2. The van der Waals surface area contributed by atoms with Crippen molar-refractivity contribution in [2.75, 3.05) is 13.1 Å². The van der Waals surface area contributed by atoms with E-state index in [1.807, 2.05) is 31.2 Å². The first kappa shape index (κ1) is 15.0. The molecule has 0 spiro atoms. The Kier molecular flexibility index (Phi) is 4.81. The molecule has 5 heteroatoms. The molecule has 4 nitrogen and oxygen atoms in total. The molecule has 0 radical (unpaired) electrons. The number of hydrogen-bond donors (Lipinski definition) is 1. The monoisotopic (exact) mass is 338 g/mol. The third kappa shape index (κ3) is 3.82. The van der Waals surface area contributed by atoms with Crippen LogP contribution < -0.4 is 5.32 Å². The van der Waals surface area contributed by atoms with E-state index in [0.717, 1.165) is 16.5 Å². The van der Waals surface area contributed by atoms with E-state index < -0.39 is 0 Å². The third-order valence-corrected chi connectivity index (χ3v) is 4.10. The smallest absolute Gasteiger partial charge is 0.223 e. The van der Waals surface area contributed by atoms with Gasteiger partial charge in [0.2, 0.25) is 11.8 Å². The van der Waals surface area contributed by atoms with Gasteiger partial charge in [-0.25, -0.2) is 0 Å². The minimum absolute atomic E-state index is 0.0566. The number of carbonyl (C=O) groups excluding carboxylic acids is 2. The summed E-state index contributed by atoms with van der Waals surface area (Å²) in [4.78, 5) is 24.9. The van der Waals surface area contributed by atoms with Gasteiger partial charge in [0.1, 0.15) is 0 Å². The number of benzene rings is 1. The maximum Gasteiger partial charge on any atom is 0.223 e. The van der Waals surface area contributed by atoms with Crippen molar-refractivity contribution in [3.63, 3.8) is 0 Å². The number of amides is 2. The third-order valence-electron chi connectivity index (χ3n) is 3.58. The number of hydrogen-bond acceptors (Lipinski definition) is 2. The second-order valence-corrected chi connectivity index (χ2v) is 6.28. The van der Waals surface area contributed by atoms with Gasteiger partial charge in [-0.2, -0.15) is 0 Å². The summed E-state index contributed by atoms with van der Waals surface area (Å²) in [5, 5.41) is 2.99. The number of rotatable bonds is 4. The predicted octanol–water partition coefficient (Wildman–Crippen LogP) is 1.97. The number of halogens is 1. The van der Waals surface area contributed by atoms with E-state index in [2.05, 4.69) is 21.2 Å². The Morgan fingerprint density at radius 2 is 1.95 bits per heavy atom. The largest absolute Gasteiger partial charge is 0.350 e. The van der Waals surface area contributed by atoms with Crippen molar-refractivity contribution >= 4 is 27.7 Å². The first-order chi connectivity index (χ1) is 9.45. The van der Waals surface area contributed by atoms with Crippen molar-refractivity contribution < 1.29 is 9.59 Å². The lowest BCUT2D eigenvalue weighted by Crippen LogP contribution is -2.61. The second-order valence-electron chi connectivity index (χ2n) is 5.36. The maximum absolute atomic E-state index is 12.1. The van der Waals surface area contributed by atoms with Crippen LogP contribution >= 0.6 is 15.9 Å². The summed E-state index contributed by atoms with van der Waals surface area (Å²) in [6.07, 6.45) is 0.724. The Hall–Kier alpha value is -1.36. The van der Waals surface area contributed by atoms with Crippen molar-refractivity contribution in [3.8, 4) is 0 Å². The van der Waals surface area contributed by atoms with E-state index in [-0.39, 0.29) is 23.8 Å². The molecule has 1 aromatic carbocycles. The second kappa shape index (κ2) is 6.39. The van der Waals surface area contributed by atoms with Crippen LogP contribution in [0.5, 0.6) is 0 Å². The molecule has 2 amide bonds. The van der Waals surface area contributed by atoms with Crippen molar-refractivity contribution in [1.29, 1.82) is 0 Å². The van der Waals surface area contributed by atoms with Gasteiger partial charge in [0, 0.05) is 30.4 Å². The van der Waals surface area contributed by atoms with Crippen LogP contribution in [0.2, 0.25) is 0 Å². The van der Waals surface area contributed by atoms with Gasteiger partial charge < -0.3 is 10.2 Å². The summed E-state index contributed by atoms with van der Waals surface area (Å²) in [5.74, 6) is 0.0575. The zero-order valence-electron chi connectivity index (χ0n) is 11.7. The number of nitrogens with zero attached hydrogens (tertiary/aromatic N) is 1.